The number of likely N-dealkylation sites (N-methyl/N-ethyl adjacent to an activating group) is 1. The van der Waals surface area contributed by atoms with E-state index < -0.39 is 17.5 Å². The van der Waals surface area contributed by atoms with Crippen molar-refractivity contribution < 1.29 is 22.9 Å². The molecule has 0 aromatic heterocycles. The molecular weight excluding hydrogens is 293 g/mol. The Kier molecular flexibility index (Phi) is 5.16. The van der Waals surface area contributed by atoms with Crippen molar-refractivity contribution in [2.24, 2.45) is 0 Å². The van der Waals surface area contributed by atoms with E-state index in [1.807, 2.05) is 0 Å². The third kappa shape index (κ3) is 4.33. The Morgan fingerprint density at radius 2 is 1.82 bits per heavy atom. The lowest BCUT2D eigenvalue weighted by molar-refractivity contribution is -0.885. The lowest BCUT2D eigenvalue weighted by Gasteiger charge is -2.14. The summed E-state index contributed by atoms with van der Waals surface area (Å²) in [6, 6.07) is 9.25. The molecule has 6 heteroatoms. The van der Waals surface area contributed by atoms with Crippen LogP contribution in [0, 0.1) is 17.5 Å². The van der Waals surface area contributed by atoms with Gasteiger partial charge in [0, 0.05) is 11.6 Å². The first-order chi connectivity index (χ1) is 10.5. The Bertz CT molecular complexity index is 676. The minimum absolute atomic E-state index is 0.0329. The summed E-state index contributed by atoms with van der Waals surface area (Å²) in [5.41, 5.74) is 0.422. The lowest BCUT2D eigenvalue weighted by atomic mass is 10.2. The second-order valence-electron chi connectivity index (χ2n) is 5.07. The van der Waals surface area contributed by atoms with Crippen LogP contribution in [0.4, 0.5) is 18.9 Å². The first-order valence-corrected chi connectivity index (χ1v) is 6.75. The monoisotopic (exact) mass is 309 g/mol. The molecule has 2 aromatic carbocycles. The van der Waals surface area contributed by atoms with Gasteiger partial charge in [0.05, 0.1) is 12.7 Å². The Hall–Kier alpha value is -2.34. The summed E-state index contributed by atoms with van der Waals surface area (Å²) >= 11 is 0. The van der Waals surface area contributed by atoms with Gasteiger partial charge < -0.3 is 10.2 Å². The molecule has 2 aromatic rings. The van der Waals surface area contributed by atoms with Crippen LogP contribution in [0.3, 0.4) is 0 Å². The van der Waals surface area contributed by atoms with Gasteiger partial charge in [0.2, 0.25) is 0 Å². The molecule has 0 aliphatic heterocycles. The summed E-state index contributed by atoms with van der Waals surface area (Å²) in [5.74, 6) is -2.30. The number of halogens is 3. The zero-order chi connectivity index (χ0) is 16.1. The molecule has 0 fully saturated rings. The lowest BCUT2D eigenvalue weighted by Crippen LogP contribution is -3.08. The number of quaternary nitrogens is 1. The maximum atomic E-state index is 13.5. The number of anilines is 1. The van der Waals surface area contributed by atoms with Gasteiger partial charge in [-0.2, -0.15) is 0 Å². The molecule has 0 aliphatic carbocycles. The first kappa shape index (κ1) is 16.0. The SMILES string of the molecule is C[NH+](CC(=O)Nc1ccc(F)cc1F)Cc1ccccc1F. The number of nitrogens with one attached hydrogen (secondary N) is 2. The summed E-state index contributed by atoms with van der Waals surface area (Å²) in [6.45, 7) is 0.358. The van der Waals surface area contributed by atoms with Gasteiger partial charge >= 0.3 is 0 Å². The Morgan fingerprint density at radius 3 is 2.50 bits per heavy atom. The van der Waals surface area contributed by atoms with Gasteiger partial charge in [0.15, 0.2) is 6.54 Å². The van der Waals surface area contributed by atoms with E-state index >= 15 is 0 Å². The number of amides is 1. The zero-order valence-electron chi connectivity index (χ0n) is 12.0. The highest BCUT2D eigenvalue weighted by Gasteiger charge is 2.14. The molecule has 0 radical (unpaired) electrons. The molecule has 0 spiro atoms. The molecule has 2 N–H and O–H groups in total. The van der Waals surface area contributed by atoms with Crippen LogP contribution in [0.1, 0.15) is 5.56 Å². The number of hydrogen-bond acceptors (Lipinski definition) is 1. The third-order valence-electron chi connectivity index (χ3n) is 3.12. The minimum atomic E-state index is -0.833. The molecule has 0 aliphatic rings. The van der Waals surface area contributed by atoms with Crippen molar-refractivity contribution in [3.8, 4) is 0 Å². The van der Waals surface area contributed by atoms with E-state index in [1.54, 1.807) is 25.2 Å². The fourth-order valence-electron chi connectivity index (χ4n) is 2.09. The van der Waals surface area contributed by atoms with Gasteiger partial charge in [0.25, 0.3) is 5.91 Å². The van der Waals surface area contributed by atoms with Crippen molar-refractivity contribution in [3.05, 3.63) is 65.5 Å². The quantitative estimate of drug-likeness (QED) is 0.867. The standard InChI is InChI=1S/C16H15F3N2O/c1-21(9-11-4-2-3-5-13(11)18)10-16(22)20-15-7-6-12(17)8-14(15)19/h2-8H,9-10H2,1H3,(H,20,22)/p+1. The highest BCUT2D eigenvalue weighted by Crippen LogP contribution is 2.14. The smallest absolute Gasteiger partial charge is 0.279 e. The highest BCUT2D eigenvalue weighted by atomic mass is 19.1. The molecule has 1 atom stereocenters. The molecule has 1 amide bonds. The molecule has 2 rings (SSSR count). The number of rotatable bonds is 5. The van der Waals surface area contributed by atoms with Gasteiger partial charge in [-0.25, -0.2) is 13.2 Å². The van der Waals surface area contributed by atoms with Gasteiger partial charge in [-0.15, -0.1) is 0 Å². The van der Waals surface area contributed by atoms with E-state index in [9.17, 15) is 18.0 Å². The fraction of sp³-hybridized carbons (Fsp3) is 0.188. The largest absolute Gasteiger partial charge is 0.326 e. The van der Waals surface area contributed by atoms with Crippen LogP contribution in [0.2, 0.25) is 0 Å². The molecule has 0 heterocycles. The van der Waals surface area contributed by atoms with Crippen molar-refractivity contribution >= 4 is 11.6 Å². The molecular formula is C16H16F3N2O+. The second kappa shape index (κ2) is 7.09. The van der Waals surface area contributed by atoms with E-state index in [0.29, 0.717) is 18.2 Å². The second-order valence-corrected chi connectivity index (χ2v) is 5.07. The van der Waals surface area contributed by atoms with Crippen LogP contribution in [-0.2, 0) is 11.3 Å². The molecule has 116 valence electrons. The van der Waals surface area contributed by atoms with Crippen molar-refractivity contribution in [1.29, 1.82) is 0 Å². The molecule has 0 bridgehead atoms. The zero-order valence-corrected chi connectivity index (χ0v) is 12.0. The van der Waals surface area contributed by atoms with Gasteiger partial charge in [-0.3, -0.25) is 4.79 Å². The Labute approximate surface area is 126 Å². The van der Waals surface area contributed by atoms with E-state index in [0.717, 1.165) is 17.0 Å². The van der Waals surface area contributed by atoms with Crippen molar-refractivity contribution in [2.75, 3.05) is 18.9 Å². The molecule has 0 saturated heterocycles. The summed E-state index contributed by atoms with van der Waals surface area (Å²) in [4.78, 5) is 12.6. The van der Waals surface area contributed by atoms with E-state index in [-0.39, 0.29) is 18.0 Å². The number of carbonyl (C=O) groups is 1. The average molecular weight is 309 g/mol. The first-order valence-electron chi connectivity index (χ1n) is 6.75. The molecule has 22 heavy (non-hydrogen) atoms. The highest BCUT2D eigenvalue weighted by molar-refractivity contribution is 5.91. The van der Waals surface area contributed by atoms with Gasteiger partial charge in [0.1, 0.15) is 24.0 Å². The Morgan fingerprint density at radius 1 is 1.09 bits per heavy atom. The van der Waals surface area contributed by atoms with E-state index in [2.05, 4.69) is 5.32 Å². The topological polar surface area (TPSA) is 33.5 Å². The number of carbonyl (C=O) groups excluding carboxylic acids is 1. The van der Waals surface area contributed by atoms with E-state index in [1.165, 1.54) is 6.07 Å². The molecule has 3 nitrogen and oxygen atoms in total. The maximum absolute atomic E-state index is 13.5. The summed E-state index contributed by atoms with van der Waals surface area (Å²) in [6.07, 6.45) is 0. The number of hydrogen-bond donors (Lipinski definition) is 2. The van der Waals surface area contributed by atoms with Gasteiger partial charge in [-0.1, -0.05) is 18.2 Å². The van der Waals surface area contributed by atoms with Gasteiger partial charge in [-0.05, 0) is 18.2 Å². The Balaban J connectivity index is 1.93. The van der Waals surface area contributed by atoms with Crippen LogP contribution in [-0.4, -0.2) is 19.5 Å². The summed E-state index contributed by atoms with van der Waals surface area (Å²) in [5, 5.41) is 2.37. The fourth-order valence-corrected chi connectivity index (χ4v) is 2.09. The van der Waals surface area contributed by atoms with Crippen LogP contribution in [0.15, 0.2) is 42.5 Å². The predicted molar refractivity (Wildman–Crippen MR) is 76.8 cm³/mol. The van der Waals surface area contributed by atoms with Crippen LogP contribution in [0.25, 0.3) is 0 Å². The van der Waals surface area contributed by atoms with Crippen LogP contribution >= 0.6 is 0 Å². The van der Waals surface area contributed by atoms with E-state index in [4.69, 9.17) is 0 Å². The number of benzene rings is 2. The van der Waals surface area contributed by atoms with Crippen LogP contribution < -0.4 is 10.2 Å². The maximum Gasteiger partial charge on any atom is 0.279 e. The minimum Gasteiger partial charge on any atom is -0.326 e. The average Bonchev–Trinajstić information content (AvgIpc) is 2.44. The van der Waals surface area contributed by atoms with Crippen molar-refractivity contribution in [2.45, 2.75) is 6.54 Å². The molecule has 1 unspecified atom stereocenters. The summed E-state index contributed by atoms with van der Waals surface area (Å²) in [7, 11) is 1.73. The predicted octanol–water partition coefficient (Wildman–Crippen LogP) is 1.76. The molecule has 0 saturated carbocycles. The summed E-state index contributed by atoms with van der Waals surface area (Å²) < 4.78 is 39.7. The normalized spacial score (nSPS) is 12.0. The third-order valence-corrected chi connectivity index (χ3v) is 3.12. The van der Waals surface area contributed by atoms with Crippen molar-refractivity contribution in [3.63, 3.8) is 0 Å². The van der Waals surface area contributed by atoms with Crippen LogP contribution in [0.5, 0.6) is 0 Å². The van der Waals surface area contributed by atoms with Crippen molar-refractivity contribution in [1.82, 2.24) is 0 Å².